The van der Waals surface area contributed by atoms with Crippen molar-refractivity contribution in [3.05, 3.63) is 11.7 Å². The summed E-state index contributed by atoms with van der Waals surface area (Å²) < 4.78 is 5.54. The highest BCUT2D eigenvalue weighted by atomic mass is 16.5. The molecule has 2 unspecified atom stereocenters. The Kier molecular flexibility index (Phi) is 5.80. The Labute approximate surface area is 129 Å². The van der Waals surface area contributed by atoms with Crippen molar-refractivity contribution in [1.82, 2.24) is 15.5 Å². The van der Waals surface area contributed by atoms with Crippen molar-refractivity contribution in [3.8, 4) is 0 Å². The van der Waals surface area contributed by atoms with Gasteiger partial charge in [-0.05, 0) is 51.0 Å². The van der Waals surface area contributed by atoms with Crippen LogP contribution >= 0.6 is 0 Å². The molecule has 0 radical (unpaired) electrons. The lowest BCUT2D eigenvalue weighted by molar-refractivity contribution is 0.251. The summed E-state index contributed by atoms with van der Waals surface area (Å²) in [5.41, 5.74) is 0. The first kappa shape index (κ1) is 16.5. The van der Waals surface area contributed by atoms with Crippen molar-refractivity contribution < 1.29 is 4.52 Å². The van der Waals surface area contributed by atoms with Crippen molar-refractivity contribution in [2.24, 2.45) is 11.8 Å². The second-order valence-electron chi connectivity index (χ2n) is 6.94. The van der Waals surface area contributed by atoms with Gasteiger partial charge in [0.2, 0.25) is 5.89 Å². The van der Waals surface area contributed by atoms with Gasteiger partial charge in [-0.15, -0.1) is 0 Å². The highest BCUT2D eigenvalue weighted by molar-refractivity contribution is 5.02. The molecule has 0 saturated heterocycles. The maximum atomic E-state index is 5.54. The van der Waals surface area contributed by atoms with Gasteiger partial charge >= 0.3 is 0 Å². The summed E-state index contributed by atoms with van der Waals surface area (Å²) in [6, 6.07) is 0.398. The maximum Gasteiger partial charge on any atom is 0.231 e. The Bertz CT molecular complexity index is 417. The Morgan fingerprint density at radius 2 is 1.86 bits per heavy atom. The molecule has 0 bridgehead atoms. The summed E-state index contributed by atoms with van der Waals surface area (Å²) in [5, 5.41) is 7.60. The van der Waals surface area contributed by atoms with Gasteiger partial charge in [0.15, 0.2) is 5.82 Å². The van der Waals surface area contributed by atoms with E-state index in [1.165, 1.54) is 25.7 Å². The molecule has 1 saturated carbocycles. The van der Waals surface area contributed by atoms with E-state index in [1.54, 1.807) is 0 Å². The van der Waals surface area contributed by atoms with Crippen molar-refractivity contribution in [2.75, 3.05) is 7.05 Å². The monoisotopic (exact) mass is 293 g/mol. The minimum absolute atomic E-state index is 0.272. The molecule has 2 atom stereocenters. The van der Waals surface area contributed by atoms with Gasteiger partial charge in [0.25, 0.3) is 0 Å². The van der Waals surface area contributed by atoms with Crippen LogP contribution in [0.2, 0.25) is 0 Å². The second kappa shape index (κ2) is 7.39. The van der Waals surface area contributed by atoms with Crippen LogP contribution in [0.15, 0.2) is 4.52 Å². The standard InChI is InChI=1S/C17H31N3O/c1-6-15(18-5)12(4)17-19-16(20-21-17)14-9-7-13(8-10-14)11(2)3/h11-15,18H,6-10H2,1-5H3. The molecule has 1 fully saturated rings. The largest absolute Gasteiger partial charge is 0.339 e. The molecule has 1 aliphatic rings. The number of hydrogen-bond donors (Lipinski definition) is 1. The van der Waals surface area contributed by atoms with Crippen molar-refractivity contribution in [1.29, 1.82) is 0 Å². The molecule has 1 N–H and O–H groups in total. The van der Waals surface area contributed by atoms with Crippen LogP contribution in [-0.2, 0) is 0 Å². The third-order valence-electron chi connectivity index (χ3n) is 5.34. The van der Waals surface area contributed by atoms with Gasteiger partial charge in [-0.1, -0.05) is 32.9 Å². The Hall–Kier alpha value is -0.900. The smallest absolute Gasteiger partial charge is 0.231 e. The fourth-order valence-electron chi connectivity index (χ4n) is 3.62. The number of aromatic nitrogens is 2. The predicted octanol–water partition coefficient (Wildman–Crippen LogP) is 4.10. The first-order valence-corrected chi connectivity index (χ1v) is 8.57. The fourth-order valence-corrected chi connectivity index (χ4v) is 3.62. The minimum atomic E-state index is 0.272. The second-order valence-corrected chi connectivity index (χ2v) is 6.94. The molecule has 1 aromatic rings. The molecule has 0 aliphatic heterocycles. The van der Waals surface area contributed by atoms with Crippen molar-refractivity contribution >= 4 is 0 Å². The van der Waals surface area contributed by atoms with Gasteiger partial charge < -0.3 is 9.84 Å². The highest BCUT2D eigenvalue weighted by Crippen LogP contribution is 2.37. The molecule has 0 amide bonds. The lowest BCUT2D eigenvalue weighted by Gasteiger charge is -2.29. The van der Waals surface area contributed by atoms with E-state index in [0.29, 0.717) is 12.0 Å². The third-order valence-corrected chi connectivity index (χ3v) is 5.34. The number of rotatable bonds is 6. The molecule has 4 heteroatoms. The van der Waals surface area contributed by atoms with Crippen molar-refractivity contribution in [2.45, 2.75) is 77.7 Å². The zero-order valence-electron chi connectivity index (χ0n) is 14.2. The zero-order valence-corrected chi connectivity index (χ0v) is 14.2. The third kappa shape index (κ3) is 3.85. The van der Waals surface area contributed by atoms with Crippen LogP contribution in [0.25, 0.3) is 0 Å². The normalized spacial score (nSPS) is 26.0. The minimum Gasteiger partial charge on any atom is -0.339 e. The Morgan fingerprint density at radius 3 is 2.38 bits per heavy atom. The van der Waals surface area contributed by atoms with Crippen molar-refractivity contribution in [3.63, 3.8) is 0 Å². The van der Waals surface area contributed by atoms with Gasteiger partial charge in [0.1, 0.15) is 0 Å². The Morgan fingerprint density at radius 1 is 1.19 bits per heavy atom. The molecule has 4 nitrogen and oxygen atoms in total. The highest BCUT2D eigenvalue weighted by Gasteiger charge is 2.29. The summed E-state index contributed by atoms with van der Waals surface area (Å²) in [4.78, 5) is 4.70. The molecule has 120 valence electrons. The first-order valence-electron chi connectivity index (χ1n) is 8.57. The molecular formula is C17H31N3O. The number of likely N-dealkylation sites (N-methyl/N-ethyl adjacent to an activating group) is 1. The molecule has 2 rings (SSSR count). The van der Waals surface area contributed by atoms with Crippen LogP contribution < -0.4 is 5.32 Å². The first-order chi connectivity index (χ1) is 10.1. The van der Waals surface area contributed by atoms with Crippen LogP contribution in [-0.4, -0.2) is 23.2 Å². The summed E-state index contributed by atoms with van der Waals surface area (Å²) in [5.74, 6) is 4.17. The van der Waals surface area contributed by atoms with E-state index in [0.717, 1.165) is 30.0 Å². The fraction of sp³-hybridized carbons (Fsp3) is 0.882. The molecule has 1 aliphatic carbocycles. The Balaban J connectivity index is 1.97. The van der Waals surface area contributed by atoms with Gasteiger partial charge in [-0.2, -0.15) is 4.98 Å². The van der Waals surface area contributed by atoms with Gasteiger partial charge in [0.05, 0.1) is 5.92 Å². The van der Waals surface area contributed by atoms with Crippen LogP contribution in [0.4, 0.5) is 0 Å². The molecule has 1 aromatic heterocycles. The number of nitrogens with zero attached hydrogens (tertiary/aromatic N) is 2. The van der Waals surface area contributed by atoms with Crippen LogP contribution in [0.1, 0.15) is 83.3 Å². The topological polar surface area (TPSA) is 51.0 Å². The lowest BCUT2D eigenvalue weighted by atomic mass is 9.77. The summed E-state index contributed by atoms with van der Waals surface area (Å²) in [7, 11) is 2.00. The molecule has 0 spiro atoms. The van der Waals surface area contributed by atoms with E-state index in [1.807, 2.05) is 7.05 Å². The van der Waals surface area contributed by atoms with Gasteiger partial charge in [-0.25, -0.2) is 0 Å². The quantitative estimate of drug-likeness (QED) is 0.858. The van der Waals surface area contributed by atoms with Crippen LogP contribution in [0, 0.1) is 11.8 Å². The number of hydrogen-bond acceptors (Lipinski definition) is 4. The lowest BCUT2D eigenvalue weighted by Crippen LogP contribution is -2.30. The van der Waals surface area contributed by atoms with Gasteiger partial charge in [0, 0.05) is 12.0 Å². The van der Waals surface area contributed by atoms with E-state index in [9.17, 15) is 0 Å². The van der Waals surface area contributed by atoms with E-state index in [-0.39, 0.29) is 5.92 Å². The van der Waals surface area contributed by atoms with Crippen LogP contribution in [0.5, 0.6) is 0 Å². The maximum absolute atomic E-state index is 5.54. The van der Waals surface area contributed by atoms with Gasteiger partial charge in [-0.3, -0.25) is 0 Å². The van der Waals surface area contributed by atoms with E-state index < -0.39 is 0 Å². The molecule has 1 heterocycles. The van der Waals surface area contributed by atoms with E-state index >= 15 is 0 Å². The van der Waals surface area contributed by atoms with Crippen LogP contribution in [0.3, 0.4) is 0 Å². The molecule has 21 heavy (non-hydrogen) atoms. The average molecular weight is 293 g/mol. The SMILES string of the molecule is CCC(NC)C(C)c1nc(C2CCC(C(C)C)CC2)no1. The molecular weight excluding hydrogens is 262 g/mol. The zero-order chi connectivity index (χ0) is 15.4. The van der Waals surface area contributed by atoms with E-state index in [2.05, 4.69) is 38.2 Å². The molecule has 0 aromatic carbocycles. The predicted molar refractivity (Wildman–Crippen MR) is 85.4 cm³/mol. The van der Waals surface area contributed by atoms with E-state index in [4.69, 9.17) is 9.51 Å². The summed E-state index contributed by atoms with van der Waals surface area (Å²) in [6.45, 7) is 9.02. The summed E-state index contributed by atoms with van der Waals surface area (Å²) >= 11 is 0. The average Bonchev–Trinajstić information content (AvgIpc) is 2.98. The number of nitrogens with one attached hydrogen (secondary N) is 1. The summed E-state index contributed by atoms with van der Waals surface area (Å²) in [6.07, 6.45) is 6.08.